The zero-order valence-electron chi connectivity index (χ0n) is 13.0. The Kier molecular flexibility index (Phi) is 5.04. The normalized spacial score (nSPS) is 11.2. The van der Waals surface area contributed by atoms with Crippen LogP contribution in [0.4, 0.5) is 5.69 Å². The number of rotatable bonds is 3. The van der Waals surface area contributed by atoms with E-state index in [1.54, 1.807) is 24.3 Å². The predicted octanol–water partition coefficient (Wildman–Crippen LogP) is 5.69. The minimum absolute atomic E-state index is 0.0217. The number of halogens is 2. The molecule has 0 aliphatic rings. The lowest BCUT2D eigenvalue weighted by Gasteiger charge is -2.06. The SMILES string of the molecule is N#C/C(=C/c1ccc(Cl)c(Cl)c1)C(=O)Nc1ccc2ccccc2c1. The molecule has 0 spiro atoms. The van der Waals surface area contributed by atoms with Gasteiger partial charge in [-0.15, -0.1) is 0 Å². The lowest BCUT2D eigenvalue weighted by Crippen LogP contribution is -2.13. The fraction of sp³-hybridized carbons (Fsp3) is 0. The molecule has 25 heavy (non-hydrogen) atoms. The van der Waals surface area contributed by atoms with Gasteiger partial charge in [0.15, 0.2) is 0 Å². The maximum absolute atomic E-state index is 12.4. The van der Waals surface area contributed by atoms with Crippen LogP contribution in [0.5, 0.6) is 0 Å². The standard InChI is InChI=1S/C20H12Cl2N2O/c21-18-8-5-13(10-19(18)22)9-16(12-23)20(25)24-17-7-6-14-3-1-2-4-15(14)11-17/h1-11H,(H,24,25)/b16-9-. The summed E-state index contributed by atoms with van der Waals surface area (Å²) in [6, 6.07) is 20.2. The molecule has 3 nitrogen and oxygen atoms in total. The summed E-state index contributed by atoms with van der Waals surface area (Å²) in [5.41, 5.74) is 1.23. The molecule has 0 saturated heterocycles. The third kappa shape index (κ3) is 4.00. The first-order valence-electron chi connectivity index (χ1n) is 7.44. The van der Waals surface area contributed by atoms with Crippen molar-refractivity contribution >= 4 is 51.6 Å². The van der Waals surface area contributed by atoms with Crippen molar-refractivity contribution in [1.82, 2.24) is 0 Å². The van der Waals surface area contributed by atoms with Gasteiger partial charge < -0.3 is 5.32 Å². The number of amides is 1. The van der Waals surface area contributed by atoms with Crippen molar-refractivity contribution in [2.45, 2.75) is 0 Å². The van der Waals surface area contributed by atoms with Crippen LogP contribution >= 0.6 is 23.2 Å². The Balaban J connectivity index is 1.85. The molecule has 0 aliphatic carbocycles. The van der Waals surface area contributed by atoms with Gasteiger partial charge in [-0.25, -0.2) is 0 Å². The first kappa shape index (κ1) is 17.0. The van der Waals surface area contributed by atoms with Crippen LogP contribution in [0.15, 0.2) is 66.2 Å². The average molecular weight is 367 g/mol. The topological polar surface area (TPSA) is 52.9 Å². The van der Waals surface area contributed by atoms with E-state index in [1.807, 2.05) is 42.5 Å². The van der Waals surface area contributed by atoms with Gasteiger partial charge in [0.25, 0.3) is 5.91 Å². The largest absolute Gasteiger partial charge is 0.321 e. The molecule has 0 bridgehead atoms. The maximum Gasteiger partial charge on any atom is 0.266 e. The van der Waals surface area contributed by atoms with Gasteiger partial charge in [-0.2, -0.15) is 5.26 Å². The first-order chi connectivity index (χ1) is 12.1. The van der Waals surface area contributed by atoms with Crippen molar-refractivity contribution in [3.8, 4) is 6.07 Å². The van der Waals surface area contributed by atoms with Crippen LogP contribution in [0.3, 0.4) is 0 Å². The summed E-state index contributed by atoms with van der Waals surface area (Å²) in [6.45, 7) is 0. The van der Waals surface area contributed by atoms with E-state index in [1.165, 1.54) is 6.08 Å². The molecule has 3 rings (SSSR count). The van der Waals surface area contributed by atoms with Crippen molar-refractivity contribution in [1.29, 1.82) is 5.26 Å². The van der Waals surface area contributed by atoms with Crippen LogP contribution < -0.4 is 5.32 Å². The summed E-state index contributed by atoms with van der Waals surface area (Å²) in [5.74, 6) is -0.483. The van der Waals surface area contributed by atoms with Gasteiger partial charge in [-0.3, -0.25) is 4.79 Å². The summed E-state index contributed by atoms with van der Waals surface area (Å²) < 4.78 is 0. The first-order valence-corrected chi connectivity index (χ1v) is 8.19. The maximum atomic E-state index is 12.4. The fourth-order valence-electron chi connectivity index (χ4n) is 2.38. The van der Waals surface area contributed by atoms with Crippen molar-refractivity contribution < 1.29 is 4.79 Å². The molecule has 3 aromatic carbocycles. The molecule has 5 heteroatoms. The molecule has 0 heterocycles. The molecule has 0 saturated carbocycles. The van der Waals surface area contributed by atoms with Gasteiger partial charge in [0.05, 0.1) is 10.0 Å². The summed E-state index contributed by atoms with van der Waals surface area (Å²) in [7, 11) is 0. The molecule has 3 aromatic rings. The van der Waals surface area contributed by atoms with E-state index >= 15 is 0 Å². The van der Waals surface area contributed by atoms with E-state index in [-0.39, 0.29) is 5.57 Å². The smallest absolute Gasteiger partial charge is 0.266 e. The third-order valence-corrected chi connectivity index (χ3v) is 4.37. The molecule has 0 fully saturated rings. The Hall–Kier alpha value is -2.80. The number of anilines is 1. The molecule has 0 aromatic heterocycles. The van der Waals surface area contributed by atoms with Crippen LogP contribution in [-0.2, 0) is 4.79 Å². The van der Waals surface area contributed by atoms with Crippen LogP contribution in [0.25, 0.3) is 16.8 Å². The number of nitrogens with zero attached hydrogens (tertiary/aromatic N) is 1. The Morgan fingerprint density at radius 2 is 1.72 bits per heavy atom. The van der Waals surface area contributed by atoms with Crippen molar-refractivity contribution in [2.24, 2.45) is 0 Å². The van der Waals surface area contributed by atoms with Crippen molar-refractivity contribution in [3.63, 3.8) is 0 Å². The Labute approximate surface area is 155 Å². The summed E-state index contributed by atoms with van der Waals surface area (Å²) >= 11 is 11.8. The molecule has 0 atom stereocenters. The number of fused-ring (bicyclic) bond motifs is 1. The second-order valence-electron chi connectivity index (χ2n) is 5.36. The second kappa shape index (κ2) is 7.40. The summed E-state index contributed by atoms with van der Waals surface area (Å²) in [4.78, 5) is 12.4. The van der Waals surface area contributed by atoms with E-state index in [4.69, 9.17) is 23.2 Å². The van der Waals surface area contributed by atoms with Crippen LogP contribution in [-0.4, -0.2) is 5.91 Å². The molecular weight excluding hydrogens is 355 g/mol. The van der Waals surface area contributed by atoms with Gasteiger partial charge in [0.2, 0.25) is 0 Å². The lowest BCUT2D eigenvalue weighted by molar-refractivity contribution is -0.112. The number of hydrogen-bond donors (Lipinski definition) is 1. The lowest BCUT2D eigenvalue weighted by atomic mass is 10.1. The number of benzene rings is 3. The van der Waals surface area contributed by atoms with Gasteiger partial charge in [0, 0.05) is 5.69 Å². The van der Waals surface area contributed by atoms with Crippen LogP contribution in [0, 0.1) is 11.3 Å². The van der Waals surface area contributed by atoms with Gasteiger partial charge >= 0.3 is 0 Å². The third-order valence-electron chi connectivity index (χ3n) is 3.63. The Morgan fingerprint density at radius 3 is 2.44 bits per heavy atom. The molecular formula is C20H12Cl2N2O. The zero-order valence-corrected chi connectivity index (χ0v) is 14.5. The van der Waals surface area contributed by atoms with Crippen molar-refractivity contribution in [2.75, 3.05) is 5.32 Å². The molecule has 122 valence electrons. The number of hydrogen-bond acceptors (Lipinski definition) is 2. The van der Waals surface area contributed by atoms with Gasteiger partial charge in [-0.1, -0.05) is 59.6 Å². The average Bonchev–Trinajstić information content (AvgIpc) is 2.62. The Morgan fingerprint density at radius 1 is 0.960 bits per heavy atom. The minimum Gasteiger partial charge on any atom is -0.321 e. The molecule has 0 aliphatic heterocycles. The van der Waals surface area contributed by atoms with Crippen LogP contribution in [0.1, 0.15) is 5.56 Å². The predicted molar refractivity (Wildman–Crippen MR) is 103 cm³/mol. The number of nitrogens with one attached hydrogen (secondary N) is 1. The van der Waals surface area contributed by atoms with E-state index in [0.29, 0.717) is 21.3 Å². The highest BCUT2D eigenvalue weighted by Crippen LogP contribution is 2.24. The summed E-state index contributed by atoms with van der Waals surface area (Å²) in [5, 5.41) is 14.9. The van der Waals surface area contributed by atoms with Gasteiger partial charge in [-0.05, 0) is 46.7 Å². The molecule has 1 N–H and O–H groups in total. The molecule has 0 unspecified atom stereocenters. The molecule has 1 amide bonds. The van der Waals surface area contributed by atoms with E-state index in [9.17, 15) is 10.1 Å². The van der Waals surface area contributed by atoms with E-state index in [2.05, 4.69) is 5.32 Å². The quantitative estimate of drug-likeness (QED) is 0.477. The van der Waals surface area contributed by atoms with E-state index < -0.39 is 5.91 Å². The van der Waals surface area contributed by atoms with Gasteiger partial charge in [0.1, 0.15) is 11.6 Å². The minimum atomic E-state index is -0.483. The highest BCUT2D eigenvalue weighted by molar-refractivity contribution is 6.42. The highest BCUT2D eigenvalue weighted by atomic mass is 35.5. The zero-order chi connectivity index (χ0) is 17.8. The second-order valence-corrected chi connectivity index (χ2v) is 6.17. The summed E-state index contributed by atoms with van der Waals surface area (Å²) in [6.07, 6.45) is 1.47. The molecule has 0 radical (unpaired) electrons. The monoisotopic (exact) mass is 366 g/mol. The van der Waals surface area contributed by atoms with Crippen LogP contribution in [0.2, 0.25) is 10.0 Å². The highest BCUT2D eigenvalue weighted by Gasteiger charge is 2.10. The Bertz CT molecular complexity index is 1040. The van der Waals surface area contributed by atoms with E-state index in [0.717, 1.165) is 10.8 Å². The number of carbonyl (C=O) groups excluding carboxylic acids is 1. The number of nitriles is 1. The van der Waals surface area contributed by atoms with Crippen molar-refractivity contribution in [3.05, 3.63) is 81.8 Å². The number of carbonyl (C=O) groups is 1. The fourth-order valence-corrected chi connectivity index (χ4v) is 2.69.